The third-order valence-electron chi connectivity index (χ3n) is 5.42. The number of aryl methyl sites for hydroxylation is 1. The zero-order valence-electron chi connectivity index (χ0n) is 20.0. The van der Waals surface area contributed by atoms with E-state index in [1.165, 1.54) is 11.6 Å². The van der Waals surface area contributed by atoms with Crippen LogP contribution in [0.4, 0.5) is 16.2 Å². The second kappa shape index (κ2) is 11.8. The summed E-state index contributed by atoms with van der Waals surface area (Å²) in [4.78, 5) is 36.0. The first-order valence-corrected chi connectivity index (χ1v) is 11.5. The third-order valence-corrected chi connectivity index (χ3v) is 5.42. The number of benzene rings is 2. The second-order valence-electron chi connectivity index (χ2n) is 8.57. The van der Waals surface area contributed by atoms with Gasteiger partial charge in [0, 0.05) is 23.0 Å². The first kappa shape index (κ1) is 25.5. The van der Waals surface area contributed by atoms with E-state index >= 15 is 0 Å². The molecule has 0 aliphatic carbocycles. The van der Waals surface area contributed by atoms with E-state index in [9.17, 15) is 19.5 Å². The molecule has 0 aliphatic heterocycles. The minimum atomic E-state index is -1.12. The number of hydrogen-bond donors (Lipinski definition) is 4. The summed E-state index contributed by atoms with van der Waals surface area (Å²) in [7, 11) is 0. The Bertz CT molecular complexity index is 1150. The lowest BCUT2D eigenvalue weighted by Gasteiger charge is -2.16. The Hall–Kier alpha value is -4.14. The van der Waals surface area contributed by atoms with Crippen LogP contribution in [0.3, 0.4) is 0 Å². The highest BCUT2D eigenvalue weighted by Gasteiger charge is 2.25. The monoisotopic (exact) mass is 478 g/mol. The minimum absolute atomic E-state index is 0.0887. The van der Waals surface area contributed by atoms with Crippen LogP contribution in [0.2, 0.25) is 0 Å². The molecular formula is C26H30N4O5. The average Bonchev–Trinajstić information content (AvgIpc) is 3.32. The molecule has 3 aromatic rings. The van der Waals surface area contributed by atoms with Gasteiger partial charge in [-0.3, -0.25) is 4.79 Å². The number of aliphatic carboxylic acids is 1. The number of hydrogen-bond acceptors (Lipinski definition) is 5. The molecule has 0 bridgehead atoms. The lowest BCUT2D eigenvalue weighted by molar-refractivity contribution is -0.140. The van der Waals surface area contributed by atoms with Gasteiger partial charge in [0.25, 0.3) is 5.91 Å². The zero-order chi connectivity index (χ0) is 25.4. The Morgan fingerprint density at radius 1 is 0.971 bits per heavy atom. The minimum Gasteiger partial charge on any atom is -0.480 e. The molecule has 0 radical (unpaired) electrons. The molecule has 4 N–H and O–H groups in total. The van der Waals surface area contributed by atoms with Gasteiger partial charge in [-0.15, -0.1) is 0 Å². The normalized spacial score (nSPS) is 11.7. The van der Waals surface area contributed by atoms with Crippen LogP contribution in [0.1, 0.15) is 49.7 Å². The van der Waals surface area contributed by atoms with Gasteiger partial charge in [0.1, 0.15) is 11.7 Å². The van der Waals surface area contributed by atoms with E-state index in [0.717, 1.165) is 19.3 Å². The smallest absolute Gasteiger partial charge is 0.326 e. The van der Waals surface area contributed by atoms with Crippen molar-refractivity contribution in [2.24, 2.45) is 5.92 Å². The summed E-state index contributed by atoms with van der Waals surface area (Å²) < 4.78 is 5.10. The summed E-state index contributed by atoms with van der Waals surface area (Å²) in [6.45, 7) is 5.55. The Morgan fingerprint density at radius 3 is 2.11 bits per heavy atom. The predicted octanol–water partition coefficient (Wildman–Crippen LogP) is 5.17. The largest absolute Gasteiger partial charge is 0.480 e. The molecule has 9 heteroatoms. The van der Waals surface area contributed by atoms with Crippen molar-refractivity contribution in [3.05, 3.63) is 65.9 Å². The van der Waals surface area contributed by atoms with Crippen molar-refractivity contribution in [3.8, 4) is 11.3 Å². The number of carboxylic acid groups (broad SMARTS) is 1. The fraction of sp³-hybridized carbons (Fsp3) is 0.308. The molecule has 0 saturated heterocycles. The van der Waals surface area contributed by atoms with Crippen molar-refractivity contribution in [1.29, 1.82) is 0 Å². The Morgan fingerprint density at radius 2 is 1.57 bits per heavy atom. The van der Waals surface area contributed by atoms with Gasteiger partial charge < -0.3 is 25.6 Å². The first-order chi connectivity index (χ1) is 16.8. The molecule has 1 heterocycles. The van der Waals surface area contributed by atoms with Gasteiger partial charge in [-0.25, -0.2) is 9.59 Å². The van der Waals surface area contributed by atoms with E-state index in [-0.39, 0.29) is 17.7 Å². The number of anilines is 2. The molecule has 3 rings (SSSR count). The summed E-state index contributed by atoms with van der Waals surface area (Å²) in [5, 5.41) is 21.1. The van der Waals surface area contributed by atoms with Gasteiger partial charge in [0.15, 0.2) is 0 Å². The fourth-order valence-corrected chi connectivity index (χ4v) is 3.40. The van der Waals surface area contributed by atoms with Gasteiger partial charge >= 0.3 is 12.0 Å². The van der Waals surface area contributed by atoms with E-state index in [1.807, 2.05) is 24.3 Å². The number of amides is 3. The number of rotatable bonds is 10. The van der Waals surface area contributed by atoms with E-state index in [0.29, 0.717) is 22.6 Å². The highest BCUT2D eigenvalue weighted by atomic mass is 16.5. The lowest BCUT2D eigenvalue weighted by Crippen LogP contribution is -2.44. The van der Waals surface area contributed by atoms with Crippen molar-refractivity contribution in [1.82, 2.24) is 10.5 Å². The number of urea groups is 1. The van der Waals surface area contributed by atoms with Crippen LogP contribution in [-0.4, -0.2) is 34.2 Å². The van der Waals surface area contributed by atoms with E-state index in [1.54, 1.807) is 38.1 Å². The fourth-order valence-electron chi connectivity index (χ4n) is 3.40. The lowest BCUT2D eigenvalue weighted by atomic mass is 10.0. The van der Waals surface area contributed by atoms with Crippen LogP contribution >= 0.6 is 0 Å². The summed E-state index contributed by atoms with van der Waals surface area (Å²) in [5.74, 6) is -2.15. The number of carboxylic acids is 1. The number of aromatic nitrogens is 1. The molecule has 1 aromatic heterocycles. The van der Waals surface area contributed by atoms with Gasteiger partial charge in [-0.1, -0.05) is 56.6 Å². The Kier molecular flexibility index (Phi) is 8.61. The summed E-state index contributed by atoms with van der Waals surface area (Å²) in [6.07, 6.45) is 3.29. The first-order valence-electron chi connectivity index (χ1n) is 11.5. The van der Waals surface area contributed by atoms with Gasteiger partial charge in [0.05, 0.1) is 0 Å². The standard InChI is InChI=1S/C26H30N4O5/c1-4-5-6-17-7-11-19(12-8-17)27-26(34)28-20-13-9-18(10-14-20)21-15-22(35-30-21)24(31)29-23(16(2)3)25(32)33/h7-16,23H,4-6H2,1-3H3,(H,29,31)(H,32,33)(H2,27,28,34). The molecule has 1 atom stereocenters. The number of carbonyl (C=O) groups is 3. The molecule has 2 aromatic carbocycles. The maximum atomic E-state index is 12.3. The van der Waals surface area contributed by atoms with Crippen molar-refractivity contribution in [2.45, 2.75) is 46.1 Å². The molecule has 3 amide bonds. The quantitative estimate of drug-likeness (QED) is 0.318. The Labute approximate surface area is 203 Å². The molecule has 0 spiro atoms. The van der Waals surface area contributed by atoms with E-state index in [2.05, 4.69) is 28.0 Å². The molecule has 0 fully saturated rings. The predicted molar refractivity (Wildman–Crippen MR) is 133 cm³/mol. The highest BCUT2D eigenvalue weighted by Crippen LogP contribution is 2.22. The van der Waals surface area contributed by atoms with Crippen molar-refractivity contribution in [2.75, 3.05) is 10.6 Å². The third kappa shape index (κ3) is 7.17. The van der Waals surface area contributed by atoms with E-state index < -0.39 is 17.9 Å². The summed E-state index contributed by atoms with van der Waals surface area (Å²) in [5.41, 5.74) is 3.60. The molecular weight excluding hydrogens is 448 g/mol. The number of nitrogens with zero attached hydrogens (tertiary/aromatic N) is 1. The van der Waals surface area contributed by atoms with Crippen molar-refractivity contribution >= 4 is 29.3 Å². The topological polar surface area (TPSA) is 134 Å². The molecule has 1 unspecified atom stereocenters. The number of unbranched alkanes of at least 4 members (excludes halogenated alkanes) is 1. The average molecular weight is 479 g/mol. The highest BCUT2D eigenvalue weighted by molar-refractivity contribution is 6.00. The number of carbonyl (C=O) groups excluding carboxylic acids is 2. The maximum Gasteiger partial charge on any atom is 0.326 e. The van der Waals surface area contributed by atoms with Gasteiger partial charge in [-0.05, 0) is 48.6 Å². The maximum absolute atomic E-state index is 12.3. The van der Waals surface area contributed by atoms with Crippen LogP contribution in [0, 0.1) is 5.92 Å². The van der Waals surface area contributed by atoms with Crippen LogP contribution in [0.15, 0.2) is 59.1 Å². The van der Waals surface area contributed by atoms with Crippen LogP contribution in [0.25, 0.3) is 11.3 Å². The summed E-state index contributed by atoms with van der Waals surface area (Å²) in [6, 6.07) is 14.7. The zero-order valence-corrected chi connectivity index (χ0v) is 20.0. The van der Waals surface area contributed by atoms with Gasteiger partial charge in [0.2, 0.25) is 5.76 Å². The van der Waals surface area contributed by atoms with Crippen LogP contribution in [0.5, 0.6) is 0 Å². The van der Waals surface area contributed by atoms with Crippen molar-refractivity contribution < 1.29 is 24.0 Å². The molecule has 9 nitrogen and oxygen atoms in total. The van der Waals surface area contributed by atoms with E-state index in [4.69, 9.17) is 4.52 Å². The number of nitrogens with one attached hydrogen (secondary N) is 3. The molecule has 0 aliphatic rings. The molecule has 0 saturated carbocycles. The second-order valence-corrected chi connectivity index (χ2v) is 8.57. The van der Waals surface area contributed by atoms with Gasteiger partial charge in [-0.2, -0.15) is 0 Å². The van der Waals surface area contributed by atoms with Crippen molar-refractivity contribution in [3.63, 3.8) is 0 Å². The molecule has 184 valence electrons. The SMILES string of the molecule is CCCCc1ccc(NC(=O)Nc2ccc(-c3cc(C(=O)NC(C(=O)O)C(C)C)on3)cc2)cc1. The molecule has 35 heavy (non-hydrogen) atoms. The van der Waals surface area contributed by atoms with Crippen LogP contribution < -0.4 is 16.0 Å². The van der Waals surface area contributed by atoms with Crippen LogP contribution in [-0.2, 0) is 11.2 Å². The Balaban J connectivity index is 1.57. The summed E-state index contributed by atoms with van der Waals surface area (Å²) >= 11 is 0.